The molecule has 2 N–H and O–H groups in total. The Morgan fingerprint density at radius 1 is 1.20 bits per heavy atom. The third-order valence-corrected chi connectivity index (χ3v) is 4.07. The lowest BCUT2D eigenvalue weighted by molar-refractivity contribution is 0.524. The van der Waals surface area contributed by atoms with E-state index >= 15 is 0 Å². The van der Waals surface area contributed by atoms with Gasteiger partial charge in [0, 0.05) is 5.39 Å². The van der Waals surface area contributed by atoms with Gasteiger partial charge in [0.15, 0.2) is 0 Å². The average Bonchev–Trinajstić information content (AvgIpc) is 2.86. The first kappa shape index (κ1) is 13.6. The van der Waals surface area contributed by atoms with Crippen LogP contribution in [-0.4, -0.2) is 0 Å². The molecule has 0 radical (unpaired) electrons. The molecule has 0 saturated heterocycles. The maximum absolute atomic E-state index is 13.3. The summed E-state index contributed by atoms with van der Waals surface area (Å²) in [5, 5.41) is 1.44. The second-order valence-corrected chi connectivity index (χ2v) is 5.71. The van der Waals surface area contributed by atoms with Crippen molar-refractivity contribution in [1.29, 1.82) is 0 Å². The van der Waals surface area contributed by atoms with Gasteiger partial charge < -0.3 is 10.2 Å². The minimum Gasteiger partial charge on any atom is -0.459 e. The van der Waals surface area contributed by atoms with Crippen molar-refractivity contribution < 1.29 is 8.81 Å². The molecule has 0 aliphatic carbocycles. The molecule has 1 unspecified atom stereocenters. The lowest BCUT2D eigenvalue weighted by atomic mass is 10.1. The van der Waals surface area contributed by atoms with Crippen molar-refractivity contribution in [3.8, 4) is 0 Å². The standard InChI is InChI=1S/C15H10BrClFNO/c16-10-6-8(4-5-12(10)18)15(19)14-7-9-11(17)2-1-3-13(9)20-14/h1-7,15H,19H2. The molecule has 1 atom stereocenters. The van der Waals surface area contributed by atoms with Crippen molar-refractivity contribution in [2.75, 3.05) is 0 Å². The zero-order chi connectivity index (χ0) is 14.3. The number of fused-ring (bicyclic) bond motifs is 1. The first-order chi connectivity index (χ1) is 9.56. The molecule has 1 heterocycles. The third-order valence-electron chi connectivity index (χ3n) is 3.14. The van der Waals surface area contributed by atoms with Crippen molar-refractivity contribution >= 4 is 38.5 Å². The van der Waals surface area contributed by atoms with Crippen LogP contribution in [0, 0.1) is 5.82 Å². The van der Waals surface area contributed by atoms with Crippen LogP contribution in [0.25, 0.3) is 11.0 Å². The summed E-state index contributed by atoms with van der Waals surface area (Å²) in [5.41, 5.74) is 7.61. The molecule has 0 saturated carbocycles. The van der Waals surface area contributed by atoms with Crippen LogP contribution in [0.5, 0.6) is 0 Å². The van der Waals surface area contributed by atoms with Crippen LogP contribution in [0.2, 0.25) is 5.02 Å². The Hall–Kier alpha value is -1.36. The molecule has 5 heteroatoms. The predicted molar refractivity (Wildman–Crippen MR) is 81.4 cm³/mol. The van der Waals surface area contributed by atoms with Gasteiger partial charge in [0.05, 0.1) is 15.5 Å². The van der Waals surface area contributed by atoms with Crippen LogP contribution in [0.15, 0.2) is 51.4 Å². The highest BCUT2D eigenvalue weighted by atomic mass is 79.9. The van der Waals surface area contributed by atoms with Crippen LogP contribution in [0.1, 0.15) is 17.4 Å². The van der Waals surface area contributed by atoms with Crippen molar-refractivity contribution in [3.05, 3.63) is 69.1 Å². The zero-order valence-corrected chi connectivity index (χ0v) is 12.6. The van der Waals surface area contributed by atoms with E-state index in [1.54, 1.807) is 18.2 Å². The number of benzene rings is 2. The van der Waals surface area contributed by atoms with Crippen molar-refractivity contribution in [1.82, 2.24) is 0 Å². The van der Waals surface area contributed by atoms with Crippen molar-refractivity contribution in [2.45, 2.75) is 6.04 Å². The third kappa shape index (κ3) is 2.35. The van der Waals surface area contributed by atoms with Gasteiger partial charge in [-0.3, -0.25) is 0 Å². The molecule has 1 aromatic heterocycles. The molecule has 0 aliphatic rings. The quantitative estimate of drug-likeness (QED) is 0.700. The molecule has 0 spiro atoms. The fraction of sp³-hybridized carbons (Fsp3) is 0.0667. The highest BCUT2D eigenvalue weighted by molar-refractivity contribution is 9.10. The topological polar surface area (TPSA) is 39.2 Å². The van der Waals surface area contributed by atoms with E-state index in [9.17, 15) is 4.39 Å². The Balaban J connectivity index is 2.05. The maximum atomic E-state index is 13.3. The van der Waals surface area contributed by atoms with E-state index in [0.717, 1.165) is 10.9 Å². The van der Waals surface area contributed by atoms with E-state index in [-0.39, 0.29) is 5.82 Å². The van der Waals surface area contributed by atoms with E-state index in [0.29, 0.717) is 20.8 Å². The Morgan fingerprint density at radius 3 is 2.70 bits per heavy atom. The smallest absolute Gasteiger partial charge is 0.137 e. The van der Waals surface area contributed by atoms with Gasteiger partial charge in [0.1, 0.15) is 17.2 Å². The monoisotopic (exact) mass is 353 g/mol. The molecule has 0 fully saturated rings. The van der Waals surface area contributed by atoms with E-state index in [2.05, 4.69) is 15.9 Å². The summed E-state index contributed by atoms with van der Waals surface area (Å²) in [4.78, 5) is 0. The normalized spacial score (nSPS) is 12.8. The van der Waals surface area contributed by atoms with Gasteiger partial charge in [-0.2, -0.15) is 0 Å². The second-order valence-electron chi connectivity index (χ2n) is 4.45. The van der Waals surface area contributed by atoms with Crippen LogP contribution in [-0.2, 0) is 0 Å². The number of hydrogen-bond acceptors (Lipinski definition) is 2. The SMILES string of the molecule is NC(c1ccc(F)c(Br)c1)c1cc2c(Cl)cccc2o1. The summed E-state index contributed by atoms with van der Waals surface area (Å²) in [5.74, 6) is 0.264. The van der Waals surface area contributed by atoms with E-state index in [1.165, 1.54) is 6.07 Å². The highest BCUT2D eigenvalue weighted by Crippen LogP contribution is 2.31. The summed E-state index contributed by atoms with van der Waals surface area (Å²) in [6.07, 6.45) is 0. The largest absolute Gasteiger partial charge is 0.459 e. The number of hydrogen-bond donors (Lipinski definition) is 1. The van der Waals surface area contributed by atoms with Gasteiger partial charge in [-0.05, 0) is 51.8 Å². The minimum atomic E-state index is -0.477. The van der Waals surface area contributed by atoms with Crippen LogP contribution < -0.4 is 5.73 Å². The molecule has 102 valence electrons. The van der Waals surface area contributed by atoms with Gasteiger partial charge in [0.2, 0.25) is 0 Å². The Labute approximate surface area is 128 Å². The van der Waals surface area contributed by atoms with Gasteiger partial charge >= 0.3 is 0 Å². The lowest BCUT2D eigenvalue weighted by Gasteiger charge is -2.09. The number of rotatable bonds is 2. The highest BCUT2D eigenvalue weighted by Gasteiger charge is 2.16. The maximum Gasteiger partial charge on any atom is 0.137 e. The number of nitrogens with two attached hydrogens (primary N) is 1. The first-order valence-electron chi connectivity index (χ1n) is 5.95. The molecule has 0 aliphatic heterocycles. The van der Waals surface area contributed by atoms with Crippen LogP contribution >= 0.6 is 27.5 Å². The molecule has 3 aromatic rings. The fourth-order valence-electron chi connectivity index (χ4n) is 2.07. The molecular formula is C15H10BrClFNO. The molecule has 0 amide bonds. The first-order valence-corrected chi connectivity index (χ1v) is 7.12. The van der Waals surface area contributed by atoms with Crippen molar-refractivity contribution in [2.24, 2.45) is 5.73 Å². The lowest BCUT2D eigenvalue weighted by Crippen LogP contribution is -2.10. The van der Waals surface area contributed by atoms with Gasteiger partial charge in [-0.25, -0.2) is 4.39 Å². The fourth-order valence-corrected chi connectivity index (χ4v) is 2.69. The van der Waals surface area contributed by atoms with E-state index in [1.807, 2.05) is 18.2 Å². The van der Waals surface area contributed by atoms with E-state index in [4.69, 9.17) is 21.8 Å². The average molecular weight is 355 g/mol. The summed E-state index contributed by atoms with van der Waals surface area (Å²) in [6.45, 7) is 0. The number of halogens is 3. The molecule has 20 heavy (non-hydrogen) atoms. The van der Waals surface area contributed by atoms with Crippen molar-refractivity contribution in [3.63, 3.8) is 0 Å². The Bertz CT molecular complexity index is 787. The summed E-state index contributed by atoms with van der Waals surface area (Å²) < 4.78 is 19.3. The van der Waals surface area contributed by atoms with Gasteiger partial charge in [-0.1, -0.05) is 23.7 Å². The van der Waals surface area contributed by atoms with E-state index < -0.39 is 6.04 Å². The molecular weight excluding hydrogens is 345 g/mol. The van der Waals surface area contributed by atoms with Gasteiger partial charge in [0.25, 0.3) is 0 Å². The summed E-state index contributed by atoms with van der Waals surface area (Å²) in [6, 6.07) is 11.4. The predicted octanol–water partition coefficient (Wildman–Crippen LogP) is 5.04. The Morgan fingerprint density at radius 2 is 2.00 bits per heavy atom. The van der Waals surface area contributed by atoms with Gasteiger partial charge in [-0.15, -0.1) is 0 Å². The summed E-state index contributed by atoms with van der Waals surface area (Å²) >= 11 is 9.26. The molecule has 2 aromatic carbocycles. The Kier molecular flexibility index (Phi) is 3.54. The number of furan rings is 1. The second kappa shape index (κ2) is 5.20. The van der Waals surface area contributed by atoms with Crippen LogP contribution in [0.3, 0.4) is 0 Å². The summed E-state index contributed by atoms with van der Waals surface area (Å²) in [7, 11) is 0. The van der Waals surface area contributed by atoms with Crippen LogP contribution in [0.4, 0.5) is 4.39 Å². The molecule has 2 nitrogen and oxygen atoms in total. The zero-order valence-electron chi connectivity index (χ0n) is 10.2. The molecule has 0 bridgehead atoms. The minimum absolute atomic E-state index is 0.325. The molecule has 3 rings (SSSR count).